The summed E-state index contributed by atoms with van der Waals surface area (Å²) in [4.78, 5) is 0. The number of rotatable bonds is 13. The normalized spacial score (nSPS) is 22.6. The maximum absolute atomic E-state index is 9.77. The van der Waals surface area contributed by atoms with E-state index in [0.29, 0.717) is 6.04 Å². The van der Waals surface area contributed by atoms with Crippen molar-refractivity contribution in [3.05, 3.63) is 29.8 Å². The maximum Gasteiger partial charge on any atom is 0.0691 e. The van der Waals surface area contributed by atoms with Crippen LogP contribution in [-0.2, 0) is 0 Å². The minimum Gasteiger partial charge on any atom is -0.392 e. The molecule has 164 valence electrons. The van der Waals surface area contributed by atoms with Gasteiger partial charge in [0.05, 0.1) is 11.8 Å². The average molecular weight is 402 g/mol. The van der Waals surface area contributed by atoms with Crippen molar-refractivity contribution in [1.29, 1.82) is 0 Å². The van der Waals surface area contributed by atoms with Crippen molar-refractivity contribution < 1.29 is 5.11 Å². The first-order valence-corrected chi connectivity index (χ1v) is 11.8. The molecular weight excluding hydrogens is 358 g/mol. The highest BCUT2D eigenvalue weighted by atomic mass is 16.3. The Labute approximate surface area is 178 Å². The molecule has 0 amide bonds. The third kappa shape index (κ3) is 10.3. The first kappa shape index (κ1) is 23.9. The minimum atomic E-state index is -0.147. The van der Waals surface area contributed by atoms with Crippen LogP contribution in [0.5, 0.6) is 0 Å². The van der Waals surface area contributed by atoms with E-state index >= 15 is 0 Å². The highest BCUT2D eigenvalue weighted by molar-refractivity contribution is 5.82. The highest BCUT2D eigenvalue weighted by Crippen LogP contribution is 2.18. The first-order valence-electron chi connectivity index (χ1n) is 11.8. The number of nitrogens with zero attached hydrogens (tertiary/aromatic N) is 1. The monoisotopic (exact) mass is 401 g/mol. The Morgan fingerprint density at radius 1 is 1.00 bits per heavy atom. The third-order valence-electron chi connectivity index (χ3n) is 6.16. The molecule has 2 rings (SSSR count). The smallest absolute Gasteiger partial charge is 0.0691 e. The molecule has 4 nitrogen and oxygen atoms in total. The number of benzene rings is 1. The van der Waals surface area contributed by atoms with Gasteiger partial charge in [0, 0.05) is 17.8 Å². The molecular formula is C25H43N3O. The second-order valence-corrected chi connectivity index (χ2v) is 8.99. The van der Waals surface area contributed by atoms with Crippen LogP contribution in [0.1, 0.15) is 96.5 Å². The Morgan fingerprint density at radius 3 is 2.28 bits per heavy atom. The highest BCUT2D eigenvalue weighted by Gasteiger charge is 2.24. The van der Waals surface area contributed by atoms with Gasteiger partial charge in [0.1, 0.15) is 0 Å². The first-order chi connectivity index (χ1) is 14.0. The summed E-state index contributed by atoms with van der Waals surface area (Å²) < 4.78 is 0. The molecule has 1 aliphatic rings. The lowest BCUT2D eigenvalue weighted by atomic mass is 9.93. The minimum absolute atomic E-state index is 0.147. The summed E-state index contributed by atoms with van der Waals surface area (Å²) in [6.45, 7) is 6.31. The van der Waals surface area contributed by atoms with Crippen LogP contribution in [0.2, 0.25) is 0 Å². The predicted octanol–water partition coefficient (Wildman–Crippen LogP) is 6.19. The van der Waals surface area contributed by atoms with Crippen molar-refractivity contribution in [2.24, 2.45) is 5.10 Å². The second-order valence-electron chi connectivity index (χ2n) is 8.99. The molecule has 1 aliphatic heterocycles. The number of unbranched alkanes of at least 4 members (excludes halogenated alkanes) is 7. The van der Waals surface area contributed by atoms with Crippen molar-refractivity contribution in [2.75, 3.05) is 5.43 Å². The molecule has 0 bridgehead atoms. The zero-order valence-electron chi connectivity index (χ0n) is 18.9. The molecule has 0 saturated carbocycles. The SMILES string of the molecule is C/C(CCCCCCCCCC[C@H]1CC[C@@H](O)[C@@H](C)N1)=N/Nc1ccc(C)cc1. The van der Waals surface area contributed by atoms with Gasteiger partial charge in [-0.25, -0.2) is 0 Å². The zero-order chi connectivity index (χ0) is 20.9. The van der Waals surface area contributed by atoms with Crippen LogP contribution >= 0.6 is 0 Å². The van der Waals surface area contributed by atoms with Gasteiger partial charge in [0.2, 0.25) is 0 Å². The number of aliphatic hydroxyl groups is 1. The van der Waals surface area contributed by atoms with Crippen LogP contribution in [0, 0.1) is 6.92 Å². The van der Waals surface area contributed by atoms with Gasteiger partial charge >= 0.3 is 0 Å². The van der Waals surface area contributed by atoms with E-state index in [2.05, 4.69) is 60.9 Å². The number of aryl methyl sites for hydroxylation is 1. The standard InChI is InChI=1S/C25H43N3O/c1-20-14-16-24(17-15-20)28-27-21(2)12-10-8-6-4-5-7-9-11-13-23-18-19-25(29)22(3)26-23/h14-17,22-23,25-26,28-29H,4-13,18-19H2,1-3H3/b27-21-/t22-,23+,25-/m1/s1. The van der Waals surface area contributed by atoms with E-state index in [1.807, 2.05) is 0 Å². The molecule has 29 heavy (non-hydrogen) atoms. The van der Waals surface area contributed by atoms with Crippen molar-refractivity contribution in [2.45, 2.75) is 116 Å². The summed E-state index contributed by atoms with van der Waals surface area (Å²) >= 11 is 0. The number of hydrogen-bond acceptors (Lipinski definition) is 4. The molecule has 3 atom stereocenters. The summed E-state index contributed by atoms with van der Waals surface area (Å²) in [5.74, 6) is 0. The quantitative estimate of drug-likeness (QED) is 0.210. The number of hydrogen-bond donors (Lipinski definition) is 3. The van der Waals surface area contributed by atoms with E-state index in [0.717, 1.165) is 24.9 Å². The van der Waals surface area contributed by atoms with Crippen molar-refractivity contribution >= 4 is 11.4 Å². The Hall–Kier alpha value is -1.39. The number of anilines is 1. The van der Waals surface area contributed by atoms with E-state index in [4.69, 9.17) is 0 Å². The summed E-state index contributed by atoms with van der Waals surface area (Å²) in [6.07, 6.45) is 15.0. The van der Waals surface area contributed by atoms with Gasteiger partial charge in [-0.15, -0.1) is 0 Å². The number of aliphatic hydroxyl groups excluding tert-OH is 1. The van der Waals surface area contributed by atoms with Crippen LogP contribution in [0.4, 0.5) is 5.69 Å². The van der Waals surface area contributed by atoms with Gasteiger partial charge < -0.3 is 10.4 Å². The molecule has 0 radical (unpaired) electrons. The van der Waals surface area contributed by atoms with Crippen molar-refractivity contribution in [3.63, 3.8) is 0 Å². The van der Waals surface area contributed by atoms with E-state index in [1.54, 1.807) is 0 Å². The number of piperidine rings is 1. The van der Waals surface area contributed by atoms with Crippen LogP contribution < -0.4 is 10.7 Å². The summed E-state index contributed by atoms with van der Waals surface area (Å²) in [7, 11) is 0. The second kappa shape index (κ2) is 13.8. The molecule has 1 fully saturated rings. The molecule has 1 saturated heterocycles. The van der Waals surface area contributed by atoms with Gasteiger partial charge in [-0.05, 0) is 65.0 Å². The lowest BCUT2D eigenvalue weighted by Crippen LogP contribution is -2.48. The largest absolute Gasteiger partial charge is 0.392 e. The molecule has 0 unspecified atom stereocenters. The Morgan fingerprint density at radius 2 is 1.62 bits per heavy atom. The Balaban J connectivity index is 1.39. The fourth-order valence-electron chi connectivity index (χ4n) is 4.09. The number of nitrogens with one attached hydrogen (secondary N) is 2. The molecule has 1 aromatic rings. The lowest BCUT2D eigenvalue weighted by Gasteiger charge is -2.32. The molecule has 1 heterocycles. The Bertz CT molecular complexity index is 584. The molecule has 4 heteroatoms. The topological polar surface area (TPSA) is 56.6 Å². The summed E-state index contributed by atoms with van der Waals surface area (Å²) in [5, 5.41) is 17.8. The molecule has 0 aromatic heterocycles. The van der Waals surface area contributed by atoms with Gasteiger partial charge in [-0.3, -0.25) is 5.43 Å². The molecule has 3 N–H and O–H groups in total. The van der Waals surface area contributed by atoms with Gasteiger partial charge in [0.15, 0.2) is 0 Å². The van der Waals surface area contributed by atoms with Crippen LogP contribution in [0.25, 0.3) is 0 Å². The van der Waals surface area contributed by atoms with Crippen molar-refractivity contribution in [3.8, 4) is 0 Å². The van der Waals surface area contributed by atoms with Crippen LogP contribution in [0.3, 0.4) is 0 Å². The van der Waals surface area contributed by atoms with Gasteiger partial charge in [0.25, 0.3) is 0 Å². The fourth-order valence-corrected chi connectivity index (χ4v) is 4.09. The van der Waals surface area contributed by atoms with Gasteiger partial charge in [-0.1, -0.05) is 62.6 Å². The van der Waals surface area contributed by atoms with E-state index in [9.17, 15) is 5.11 Å². The van der Waals surface area contributed by atoms with E-state index < -0.39 is 0 Å². The summed E-state index contributed by atoms with van der Waals surface area (Å²) in [5.41, 5.74) is 6.66. The molecule has 1 aromatic carbocycles. The zero-order valence-corrected chi connectivity index (χ0v) is 18.9. The lowest BCUT2D eigenvalue weighted by molar-refractivity contribution is 0.0849. The van der Waals surface area contributed by atoms with Crippen LogP contribution in [-0.4, -0.2) is 29.0 Å². The maximum atomic E-state index is 9.77. The third-order valence-corrected chi connectivity index (χ3v) is 6.16. The molecule has 0 spiro atoms. The summed E-state index contributed by atoms with van der Waals surface area (Å²) in [6, 6.07) is 9.24. The Kier molecular flexibility index (Phi) is 11.3. The van der Waals surface area contributed by atoms with Crippen molar-refractivity contribution in [1.82, 2.24) is 5.32 Å². The number of hydrazone groups is 1. The predicted molar refractivity (Wildman–Crippen MR) is 126 cm³/mol. The van der Waals surface area contributed by atoms with E-state index in [-0.39, 0.29) is 12.1 Å². The average Bonchev–Trinajstić information content (AvgIpc) is 2.71. The van der Waals surface area contributed by atoms with Gasteiger partial charge in [-0.2, -0.15) is 5.10 Å². The fraction of sp³-hybridized carbons (Fsp3) is 0.720. The van der Waals surface area contributed by atoms with Crippen LogP contribution in [0.15, 0.2) is 29.4 Å². The molecule has 0 aliphatic carbocycles. The van der Waals surface area contributed by atoms with E-state index in [1.165, 1.54) is 69.1 Å².